The lowest BCUT2D eigenvalue weighted by Gasteiger charge is -2.31. The Morgan fingerprint density at radius 2 is 1.96 bits per heavy atom. The second-order valence-electron chi connectivity index (χ2n) is 6.83. The number of rotatable bonds is 6. The minimum absolute atomic E-state index is 0.0275. The molecule has 0 spiro atoms. The van der Waals surface area contributed by atoms with E-state index in [1.54, 1.807) is 18.3 Å². The van der Waals surface area contributed by atoms with Crippen molar-refractivity contribution in [2.75, 3.05) is 18.4 Å². The molecule has 0 atom stereocenters. The lowest BCUT2D eigenvalue weighted by molar-refractivity contribution is -0.134. The highest BCUT2D eigenvalue weighted by Crippen LogP contribution is 2.24. The second kappa shape index (κ2) is 9.08. The summed E-state index contributed by atoms with van der Waals surface area (Å²) in [5, 5.41) is 3.49. The van der Waals surface area contributed by atoms with Gasteiger partial charge in [0.15, 0.2) is 5.13 Å². The van der Waals surface area contributed by atoms with Gasteiger partial charge in [-0.2, -0.15) is 0 Å². The van der Waals surface area contributed by atoms with Gasteiger partial charge in [-0.05, 0) is 37.0 Å². The van der Waals surface area contributed by atoms with Gasteiger partial charge in [0.05, 0.1) is 0 Å². The van der Waals surface area contributed by atoms with Crippen molar-refractivity contribution in [3.8, 4) is 0 Å². The van der Waals surface area contributed by atoms with Gasteiger partial charge in [0.2, 0.25) is 11.8 Å². The van der Waals surface area contributed by atoms with Crippen LogP contribution in [0.1, 0.15) is 43.0 Å². The first kappa shape index (κ1) is 19.5. The van der Waals surface area contributed by atoms with Crippen molar-refractivity contribution < 1.29 is 14.0 Å². The highest BCUT2D eigenvalue weighted by Gasteiger charge is 2.27. The van der Waals surface area contributed by atoms with Crippen LogP contribution in [0.2, 0.25) is 0 Å². The molecule has 144 valence electrons. The Hall–Kier alpha value is -2.28. The smallest absolute Gasteiger partial charge is 0.229 e. The Morgan fingerprint density at radius 3 is 2.63 bits per heavy atom. The first-order valence-electron chi connectivity index (χ1n) is 9.33. The highest BCUT2D eigenvalue weighted by atomic mass is 32.1. The van der Waals surface area contributed by atoms with Gasteiger partial charge < -0.3 is 10.2 Å². The third-order valence-corrected chi connectivity index (χ3v) is 5.67. The van der Waals surface area contributed by atoms with Gasteiger partial charge in [-0.3, -0.25) is 9.59 Å². The number of aromatic nitrogens is 1. The number of piperidine rings is 1. The van der Waals surface area contributed by atoms with Crippen LogP contribution in [0, 0.1) is 11.7 Å². The summed E-state index contributed by atoms with van der Waals surface area (Å²) in [6, 6.07) is 6.38. The average molecular weight is 389 g/mol. The number of carbonyl (C=O) groups is 2. The number of hydrogen-bond donors (Lipinski definition) is 1. The van der Waals surface area contributed by atoms with Gasteiger partial charge in [-0.25, -0.2) is 9.37 Å². The third kappa shape index (κ3) is 5.35. The van der Waals surface area contributed by atoms with Crippen LogP contribution < -0.4 is 5.32 Å². The SMILES string of the molecule is CCCC(=O)N1CCC(C(=O)Nc2ncc(Cc3ccc(F)cc3)s2)CC1. The first-order valence-corrected chi connectivity index (χ1v) is 10.1. The largest absolute Gasteiger partial charge is 0.343 e. The van der Waals surface area contributed by atoms with Gasteiger partial charge >= 0.3 is 0 Å². The number of thiazole rings is 1. The Bertz CT molecular complexity index is 783. The number of anilines is 1. The minimum Gasteiger partial charge on any atom is -0.343 e. The van der Waals surface area contributed by atoms with Crippen LogP contribution in [0.15, 0.2) is 30.5 Å². The van der Waals surface area contributed by atoms with E-state index in [4.69, 9.17) is 0 Å². The van der Waals surface area contributed by atoms with Gasteiger partial charge in [-0.15, -0.1) is 11.3 Å². The maximum atomic E-state index is 13.0. The molecule has 0 unspecified atom stereocenters. The molecule has 0 bridgehead atoms. The van der Waals surface area contributed by atoms with Crippen LogP contribution in [0.25, 0.3) is 0 Å². The number of hydrogen-bond acceptors (Lipinski definition) is 4. The lowest BCUT2D eigenvalue weighted by Crippen LogP contribution is -2.41. The maximum absolute atomic E-state index is 13.0. The van der Waals surface area contributed by atoms with Crippen LogP contribution in [0.5, 0.6) is 0 Å². The van der Waals surface area contributed by atoms with Gasteiger partial charge in [0, 0.05) is 42.9 Å². The van der Waals surface area contributed by atoms with E-state index in [1.807, 2.05) is 11.8 Å². The Kier molecular flexibility index (Phi) is 6.55. The fourth-order valence-corrected chi connectivity index (χ4v) is 4.07. The number of nitrogens with one attached hydrogen (secondary N) is 1. The van der Waals surface area contributed by atoms with E-state index in [0.717, 1.165) is 16.9 Å². The van der Waals surface area contributed by atoms with E-state index in [1.165, 1.54) is 23.5 Å². The molecule has 0 aliphatic carbocycles. The summed E-state index contributed by atoms with van der Waals surface area (Å²) in [6.45, 7) is 3.28. The van der Waals surface area contributed by atoms with E-state index >= 15 is 0 Å². The van der Waals surface area contributed by atoms with E-state index in [9.17, 15) is 14.0 Å². The minimum atomic E-state index is -0.251. The molecule has 3 rings (SSSR count). The Balaban J connectivity index is 1.49. The molecule has 1 N–H and O–H groups in total. The van der Waals surface area contributed by atoms with Crippen molar-refractivity contribution in [3.63, 3.8) is 0 Å². The average Bonchev–Trinajstić information content (AvgIpc) is 3.10. The van der Waals surface area contributed by atoms with Crippen molar-refractivity contribution in [3.05, 3.63) is 46.7 Å². The normalized spacial score (nSPS) is 15.0. The predicted octanol–water partition coefficient (Wildman–Crippen LogP) is 3.85. The molecule has 1 aromatic carbocycles. The zero-order chi connectivity index (χ0) is 19.2. The van der Waals surface area contributed by atoms with Crippen molar-refractivity contribution in [1.82, 2.24) is 9.88 Å². The van der Waals surface area contributed by atoms with Crippen LogP contribution in [-0.2, 0) is 16.0 Å². The molecule has 1 saturated heterocycles. The molecule has 0 radical (unpaired) electrons. The van der Waals surface area contributed by atoms with Crippen molar-refractivity contribution in [2.24, 2.45) is 5.92 Å². The zero-order valence-electron chi connectivity index (χ0n) is 15.4. The fraction of sp³-hybridized carbons (Fsp3) is 0.450. The lowest BCUT2D eigenvalue weighted by atomic mass is 9.96. The van der Waals surface area contributed by atoms with Crippen LogP contribution >= 0.6 is 11.3 Å². The Morgan fingerprint density at radius 1 is 1.26 bits per heavy atom. The van der Waals surface area contributed by atoms with Crippen molar-refractivity contribution in [2.45, 2.75) is 39.0 Å². The summed E-state index contributed by atoms with van der Waals surface area (Å²) in [5.74, 6) is -0.180. The summed E-state index contributed by atoms with van der Waals surface area (Å²) in [4.78, 5) is 31.6. The van der Waals surface area contributed by atoms with E-state index < -0.39 is 0 Å². The second-order valence-corrected chi connectivity index (χ2v) is 7.94. The number of halogens is 1. The van der Waals surface area contributed by atoms with Gasteiger partial charge in [0.1, 0.15) is 5.82 Å². The molecule has 1 aromatic heterocycles. The number of amides is 2. The topological polar surface area (TPSA) is 62.3 Å². The molecule has 1 aliphatic rings. The number of carbonyl (C=O) groups excluding carboxylic acids is 2. The summed E-state index contributed by atoms with van der Waals surface area (Å²) in [6.07, 6.45) is 5.21. The molecule has 0 saturated carbocycles. The highest BCUT2D eigenvalue weighted by molar-refractivity contribution is 7.15. The van der Waals surface area contributed by atoms with Crippen LogP contribution in [0.4, 0.5) is 9.52 Å². The van der Waals surface area contributed by atoms with Crippen LogP contribution in [0.3, 0.4) is 0 Å². The third-order valence-electron chi connectivity index (χ3n) is 4.76. The quantitative estimate of drug-likeness (QED) is 0.816. The molecule has 2 heterocycles. The van der Waals surface area contributed by atoms with Crippen LogP contribution in [-0.4, -0.2) is 34.8 Å². The van der Waals surface area contributed by atoms with E-state index in [-0.39, 0.29) is 23.5 Å². The number of likely N-dealkylation sites (tertiary alicyclic amines) is 1. The molecule has 5 nitrogen and oxygen atoms in total. The predicted molar refractivity (Wildman–Crippen MR) is 104 cm³/mol. The fourth-order valence-electron chi connectivity index (χ4n) is 3.22. The molecule has 2 amide bonds. The molecule has 2 aromatic rings. The van der Waals surface area contributed by atoms with Gasteiger partial charge in [0.25, 0.3) is 0 Å². The molecule has 1 aliphatic heterocycles. The molecular formula is C20H24FN3O2S. The Labute approximate surface area is 162 Å². The molecule has 7 heteroatoms. The summed E-state index contributed by atoms with van der Waals surface area (Å²) < 4.78 is 13.0. The number of benzene rings is 1. The van der Waals surface area contributed by atoms with E-state index in [2.05, 4.69) is 10.3 Å². The molecule has 1 fully saturated rings. The standard InChI is InChI=1S/C20H24FN3O2S/c1-2-3-18(25)24-10-8-15(9-11-24)19(26)23-20-22-13-17(27-20)12-14-4-6-16(21)7-5-14/h4-7,13,15H,2-3,8-12H2,1H3,(H,22,23,26). The van der Waals surface area contributed by atoms with Crippen molar-refractivity contribution >= 4 is 28.3 Å². The monoisotopic (exact) mass is 389 g/mol. The number of nitrogens with zero attached hydrogens (tertiary/aromatic N) is 2. The summed E-state index contributed by atoms with van der Waals surface area (Å²) in [7, 11) is 0. The maximum Gasteiger partial charge on any atom is 0.229 e. The zero-order valence-corrected chi connectivity index (χ0v) is 16.2. The molecular weight excluding hydrogens is 365 g/mol. The summed E-state index contributed by atoms with van der Waals surface area (Å²) in [5.41, 5.74) is 1.00. The van der Waals surface area contributed by atoms with Gasteiger partial charge in [-0.1, -0.05) is 19.1 Å². The summed E-state index contributed by atoms with van der Waals surface area (Å²) >= 11 is 1.43. The molecule has 27 heavy (non-hydrogen) atoms. The first-order chi connectivity index (χ1) is 13.0. The van der Waals surface area contributed by atoms with E-state index in [0.29, 0.717) is 43.9 Å². The van der Waals surface area contributed by atoms with Crippen molar-refractivity contribution in [1.29, 1.82) is 0 Å².